The van der Waals surface area contributed by atoms with Gasteiger partial charge in [0.2, 0.25) is 10.0 Å². The second-order valence-corrected chi connectivity index (χ2v) is 6.78. The Morgan fingerprint density at radius 1 is 1.17 bits per heavy atom. The van der Waals surface area contributed by atoms with E-state index in [1.165, 1.54) is 24.3 Å². The van der Waals surface area contributed by atoms with Gasteiger partial charge in [0.15, 0.2) is 0 Å². The minimum Gasteiger partial charge on any atom is -0.376 e. The summed E-state index contributed by atoms with van der Waals surface area (Å²) in [5, 5.41) is 9.97. The first-order chi connectivity index (χ1) is 10.9. The number of sulfonamides is 1. The SMILES string of the molecule is NS(=O)(=O)c1ccc(CNC(=O)C(=O)NCC2CCCO2)cc1. The lowest BCUT2D eigenvalue weighted by molar-refractivity contribution is -0.139. The van der Waals surface area contributed by atoms with Gasteiger partial charge in [-0.3, -0.25) is 9.59 Å². The fourth-order valence-electron chi connectivity index (χ4n) is 2.15. The number of primary sulfonamides is 1. The molecule has 1 aliphatic rings. The third-order valence-electron chi connectivity index (χ3n) is 3.43. The van der Waals surface area contributed by atoms with E-state index in [9.17, 15) is 18.0 Å². The second kappa shape index (κ2) is 7.53. The van der Waals surface area contributed by atoms with Gasteiger partial charge in [-0.25, -0.2) is 13.6 Å². The van der Waals surface area contributed by atoms with Crippen molar-refractivity contribution < 1.29 is 22.7 Å². The van der Waals surface area contributed by atoms with Crippen LogP contribution in [-0.2, 0) is 30.9 Å². The number of hydrogen-bond donors (Lipinski definition) is 3. The third-order valence-corrected chi connectivity index (χ3v) is 4.35. The number of carbonyl (C=O) groups excluding carboxylic acids is 2. The minimum atomic E-state index is -3.74. The van der Waals surface area contributed by atoms with E-state index >= 15 is 0 Å². The van der Waals surface area contributed by atoms with E-state index < -0.39 is 21.8 Å². The van der Waals surface area contributed by atoms with Crippen LogP contribution >= 0.6 is 0 Å². The van der Waals surface area contributed by atoms with Crippen LogP contribution in [0.3, 0.4) is 0 Å². The number of ether oxygens (including phenoxy) is 1. The first-order valence-electron chi connectivity index (χ1n) is 7.15. The molecule has 1 unspecified atom stereocenters. The smallest absolute Gasteiger partial charge is 0.309 e. The highest BCUT2D eigenvalue weighted by Gasteiger charge is 2.19. The standard InChI is InChI=1S/C14H19N3O5S/c15-23(20,21)12-5-3-10(4-6-12)8-16-13(18)14(19)17-9-11-2-1-7-22-11/h3-6,11H,1-2,7-9H2,(H,16,18)(H,17,19)(H2,15,20,21). The number of nitrogens with one attached hydrogen (secondary N) is 2. The largest absolute Gasteiger partial charge is 0.376 e. The molecular weight excluding hydrogens is 322 g/mol. The zero-order valence-corrected chi connectivity index (χ0v) is 13.3. The predicted molar refractivity (Wildman–Crippen MR) is 81.6 cm³/mol. The summed E-state index contributed by atoms with van der Waals surface area (Å²) in [5.41, 5.74) is 0.651. The molecule has 0 aliphatic carbocycles. The van der Waals surface area contributed by atoms with Crippen molar-refractivity contribution in [2.45, 2.75) is 30.4 Å². The number of carbonyl (C=O) groups is 2. The molecule has 1 aromatic rings. The minimum absolute atomic E-state index is 0.0121. The number of hydrogen-bond acceptors (Lipinski definition) is 5. The molecule has 0 spiro atoms. The fraction of sp³-hybridized carbons (Fsp3) is 0.429. The van der Waals surface area contributed by atoms with Crippen LogP contribution in [0.1, 0.15) is 18.4 Å². The summed E-state index contributed by atoms with van der Waals surface area (Å²) in [5.74, 6) is -1.47. The van der Waals surface area contributed by atoms with E-state index in [4.69, 9.17) is 9.88 Å². The molecule has 1 heterocycles. The average molecular weight is 341 g/mol. The molecule has 9 heteroatoms. The van der Waals surface area contributed by atoms with Gasteiger partial charge in [-0.15, -0.1) is 0 Å². The normalized spacial score (nSPS) is 17.7. The second-order valence-electron chi connectivity index (χ2n) is 5.22. The van der Waals surface area contributed by atoms with Crippen LogP contribution in [-0.4, -0.2) is 39.5 Å². The van der Waals surface area contributed by atoms with Crippen LogP contribution in [0.5, 0.6) is 0 Å². The molecule has 1 aliphatic heterocycles. The number of rotatable bonds is 5. The number of nitrogens with two attached hydrogens (primary N) is 1. The van der Waals surface area contributed by atoms with Crippen LogP contribution < -0.4 is 15.8 Å². The van der Waals surface area contributed by atoms with Gasteiger partial charge >= 0.3 is 11.8 Å². The Labute approximate surface area is 134 Å². The summed E-state index contributed by atoms with van der Waals surface area (Å²) in [4.78, 5) is 23.3. The highest BCUT2D eigenvalue weighted by molar-refractivity contribution is 7.89. The van der Waals surface area contributed by atoms with Gasteiger partial charge in [0.1, 0.15) is 0 Å². The molecule has 0 saturated carbocycles. The number of amides is 2. The molecule has 8 nitrogen and oxygen atoms in total. The fourth-order valence-corrected chi connectivity index (χ4v) is 2.67. The van der Waals surface area contributed by atoms with Crippen molar-refractivity contribution >= 4 is 21.8 Å². The molecule has 2 amide bonds. The van der Waals surface area contributed by atoms with Crippen LogP contribution in [0.25, 0.3) is 0 Å². The van der Waals surface area contributed by atoms with Gasteiger partial charge in [-0.05, 0) is 30.5 Å². The van der Waals surface area contributed by atoms with Crippen molar-refractivity contribution in [1.29, 1.82) is 0 Å². The monoisotopic (exact) mass is 341 g/mol. The third kappa shape index (κ3) is 5.31. The predicted octanol–water partition coefficient (Wildman–Crippen LogP) is -0.755. The molecule has 4 N–H and O–H groups in total. The van der Waals surface area contributed by atoms with E-state index in [2.05, 4.69) is 10.6 Å². The lowest BCUT2D eigenvalue weighted by Gasteiger charge is -2.10. The van der Waals surface area contributed by atoms with Crippen molar-refractivity contribution in [2.75, 3.05) is 13.2 Å². The molecule has 1 aromatic carbocycles. The van der Waals surface area contributed by atoms with Crippen LogP contribution in [0.4, 0.5) is 0 Å². The lowest BCUT2D eigenvalue weighted by Crippen LogP contribution is -2.42. The van der Waals surface area contributed by atoms with E-state index in [1.807, 2.05) is 0 Å². The van der Waals surface area contributed by atoms with Gasteiger partial charge < -0.3 is 15.4 Å². The van der Waals surface area contributed by atoms with Crippen molar-refractivity contribution in [2.24, 2.45) is 5.14 Å². The Kier molecular flexibility index (Phi) is 5.69. The topological polar surface area (TPSA) is 128 Å². The molecule has 1 saturated heterocycles. The molecule has 0 bridgehead atoms. The van der Waals surface area contributed by atoms with Crippen molar-refractivity contribution in [3.8, 4) is 0 Å². The zero-order chi connectivity index (χ0) is 16.9. The summed E-state index contributed by atoms with van der Waals surface area (Å²) in [6, 6.07) is 5.72. The quantitative estimate of drug-likeness (QED) is 0.607. The summed E-state index contributed by atoms with van der Waals surface area (Å²) in [6.07, 6.45) is 1.80. The van der Waals surface area contributed by atoms with Crippen LogP contribution in [0.15, 0.2) is 29.2 Å². The lowest BCUT2D eigenvalue weighted by atomic mass is 10.2. The molecule has 126 valence electrons. The van der Waals surface area contributed by atoms with E-state index in [-0.39, 0.29) is 17.5 Å². The van der Waals surface area contributed by atoms with Gasteiger partial charge in [0.05, 0.1) is 11.0 Å². The molecule has 1 atom stereocenters. The number of benzene rings is 1. The van der Waals surface area contributed by atoms with Gasteiger partial charge in [-0.2, -0.15) is 0 Å². The highest BCUT2D eigenvalue weighted by Crippen LogP contribution is 2.10. The van der Waals surface area contributed by atoms with Crippen LogP contribution in [0, 0.1) is 0 Å². The van der Waals surface area contributed by atoms with Gasteiger partial charge in [-0.1, -0.05) is 12.1 Å². The Morgan fingerprint density at radius 2 is 1.83 bits per heavy atom. The Balaban J connectivity index is 1.78. The van der Waals surface area contributed by atoms with Crippen LogP contribution in [0.2, 0.25) is 0 Å². The Bertz CT molecular complexity index is 666. The summed E-state index contributed by atoms with van der Waals surface area (Å²) in [6.45, 7) is 1.10. The van der Waals surface area contributed by atoms with Gasteiger partial charge in [0, 0.05) is 19.7 Å². The van der Waals surface area contributed by atoms with Crippen molar-refractivity contribution in [1.82, 2.24) is 10.6 Å². The van der Waals surface area contributed by atoms with E-state index in [1.54, 1.807) is 0 Å². The molecule has 0 radical (unpaired) electrons. The van der Waals surface area contributed by atoms with E-state index in [0.717, 1.165) is 12.8 Å². The summed E-state index contributed by atoms with van der Waals surface area (Å²) < 4.78 is 27.6. The van der Waals surface area contributed by atoms with Crippen molar-refractivity contribution in [3.05, 3.63) is 29.8 Å². The summed E-state index contributed by atoms with van der Waals surface area (Å²) in [7, 11) is -3.74. The van der Waals surface area contributed by atoms with Crippen molar-refractivity contribution in [3.63, 3.8) is 0 Å². The molecule has 2 rings (SSSR count). The Morgan fingerprint density at radius 3 is 2.39 bits per heavy atom. The molecule has 23 heavy (non-hydrogen) atoms. The maximum atomic E-state index is 11.7. The Hall–Kier alpha value is -1.97. The van der Waals surface area contributed by atoms with Gasteiger partial charge in [0.25, 0.3) is 0 Å². The maximum absolute atomic E-state index is 11.7. The molecule has 0 aromatic heterocycles. The van der Waals surface area contributed by atoms with E-state index in [0.29, 0.717) is 18.7 Å². The first kappa shape index (κ1) is 17.4. The zero-order valence-electron chi connectivity index (χ0n) is 12.4. The molecular formula is C14H19N3O5S. The maximum Gasteiger partial charge on any atom is 0.309 e. The first-order valence-corrected chi connectivity index (χ1v) is 8.70. The molecule has 1 fully saturated rings. The summed E-state index contributed by atoms with van der Waals surface area (Å²) >= 11 is 0. The average Bonchev–Trinajstić information content (AvgIpc) is 3.03. The highest BCUT2D eigenvalue weighted by atomic mass is 32.2.